The van der Waals surface area contributed by atoms with Crippen LogP contribution in [0.15, 0.2) is 77.9 Å². The zero-order chi connectivity index (χ0) is 32.1. The van der Waals surface area contributed by atoms with Crippen molar-refractivity contribution < 1.29 is 28.5 Å². The van der Waals surface area contributed by atoms with Crippen molar-refractivity contribution in [2.24, 2.45) is 11.0 Å². The molecule has 0 saturated carbocycles. The van der Waals surface area contributed by atoms with Crippen LogP contribution in [0.4, 0.5) is 21.2 Å². The van der Waals surface area contributed by atoms with Gasteiger partial charge < -0.3 is 18.9 Å². The van der Waals surface area contributed by atoms with Gasteiger partial charge in [-0.15, -0.1) is 0 Å². The Hall–Kier alpha value is -4.26. The quantitative estimate of drug-likeness (QED) is 0.145. The lowest BCUT2D eigenvalue weighted by Crippen LogP contribution is -2.45. The fraction of sp³-hybridized carbons (Fsp3) is 0.364. The summed E-state index contributed by atoms with van der Waals surface area (Å²) >= 11 is 0. The van der Waals surface area contributed by atoms with E-state index in [1.807, 2.05) is 36.4 Å². The van der Waals surface area contributed by atoms with Gasteiger partial charge >= 0.3 is 0 Å². The number of rotatable bonds is 8. The number of benzene rings is 3. The number of hydrogen-bond acceptors (Lipinski definition) is 7. The number of ether oxygens (including phenoxy) is 1. The van der Waals surface area contributed by atoms with E-state index < -0.39 is 42.4 Å². The number of non-ortho nitro benzene ring substituents is 1. The van der Waals surface area contributed by atoms with E-state index in [9.17, 15) is 24.8 Å². The zero-order valence-corrected chi connectivity index (χ0v) is 26.4. The van der Waals surface area contributed by atoms with E-state index in [4.69, 9.17) is 4.74 Å². The Balaban J connectivity index is 1.38. The Bertz CT molecular complexity index is 1700. The van der Waals surface area contributed by atoms with Gasteiger partial charge in [0.05, 0.1) is 34.7 Å². The van der Waals surface area contributed by atoms with E-state index in [0.717, 1.165) is 11.3 Å². The minimum atomic E-state index is -3.42. The average molecular weight is 631 g/mol. The Morgan fingerprint density at radius 3 is 2.53 bits per heavy atom. The summed E-state index contributed by atoms with van der Waals surface area (Å²) in [5.41, 5.74) is 1.30. The van der Waals surface area contributed by atoms with Gasteiger partial charge in [-0.3, -0.25) is 19.7 Å². The summed E-state index contributed by atoms with van der Waals surface area (Å²) in [5.74, 6) is -1.21. The molecular formula is C33H35FN4O6Si. The van der Waals surface area contributed by atoms with Gasteiger partial charge in [-0.05, 0) is 48.8 Å². The van der Waals surface area contributed by atoms with Crippen LogP contribution in [0.1, 0.15) is 42.9 Å². The van der Waals surface area contributed by atoms with Crippen molar-refractivity contribution in [3.8, 4) is 0 Å². The largest absolute Gasteiger partial charge is 0.396 e. The molecule has 1 fully saturated rings. The summed E-state index contributed by atoms with van der Waals surface area (Å²) < 4.78 is 22.3. The van der Waals surface area contributed by atoms with Gasteiger partial charge in [-0.2, -0.15) is 5.10 Å². The lowest BCUT2D eigenvalue weighted by Gasteiger charge is -2.31. The third-order valence-electron chi connectivity index (χ3n) is 9.20. The molecule has 0 radical (unpaired) electrons. The first-order valence-corrected chi connectivity index (χ1v) is 18.0. The third-order valence-corrected chi connectivity index (χ3v) is 11.7. The second-order valence-corrected chi connectivity index (χ2v) is 16.2. The number of hydrazone groups is 1. The zero-order valence-electron chi connectivity index (χ0n) is 25.4. The molecule has 0 aromatic heterocycles. The second kappa shape index (κ2) is 11.6. The third kappa shape index (κ3) is 5.26. The lowest BCUT2D eigenvalue weighted by atomic mass is 9.82. The van der Waals surface area contributed by atoms with Crippen molar-refractivity contribution in [1.29, 1.82) is 0 Å². The number of halogens is 1. The highest BCUT2D eigenvalue weighted by atomic mass is 28.4. The molecule has 2 amide bonds. The molecule has 12 heteroatoms. The van der Waals surface area contributed by atoms with Crippen LogP contribution >= 0.6 is 0 Å². The molecule has 0 aliphatic carbocycles. The number of carbonyl (C=O) groups excluding carboxylic acids is 2. The van der Waals surface area contributed by atoms with Crippen molar-refractivity contribution in [3.63, 3.8) is 0 Å². The number of aliphatic hydroxyl groups excluding tert-OH is 1. The number of nitro groups is 1. The van der Waals surface area contributed by atoms with Gasteiger partial charge in [-0.1, -0.05) is 49.4 Å². The highest BCUT2D eigenvalue weighted by Gasteiger charge is 2.66. The number of nitrogens with zero attached hydrogens (tertiary/aromatic N) is 4. The van der Waals surface area contributed by atoms with E-state index >= 15 is 4.11 Å². The Morgan fingerprint density at radius 1 is 1.09 bits per heavy atom. The first-order valence-electron chi connectivity index (χ1n) is 15.1. The van der Waals surface area contributed by atoms with Crippen LogP contribution in [0.5, 0.6) is 0 Å². The van der Waals surface area contributed by atoms with E-state index in [0.29, 0.717) is 35.3 Å². The van der Waals surface area contributed by atoms with Crippen LogP contribution < -0.4 is 9.91 Å². The molecule has 1 saturated heterocycles. The van der Waals surface area contributed by atoms with Crippen molar-refractivity contribution >= 4 is 43.0 Å². The van der Waals surface area contributed by atoms with Crippen LogP contribution in [0.3, 0.4) is 0 Å². The molecule has 3 aliphatic rings. The molecule has 234 valence electrons. The number of amides is 2. The summed E-state index contributed by atoms with van der Waals surface area (Å²) in [7, 11) is -3.42. The maximum absolute atomic E-state index is 15.8. The SMILES string of the molecule is C[C@H]1[C@H]([Si](C)(C)F)[C@@H](CCO)O[C@]12C(=O)N(Cc1cccc(N3N=C(c4ccccc4)CCC3=O)c1)c1ccc([N+](=O)[O-])cc12. The maximum atomic E-state index is 15.8. The normalized spacial score (nSPS) is 24.7. The topological polar surface area (TPSA) is 126 Å². The van der Waals surface area contributed by atoms with Crippen molar-refractivity contribution in [3.05, 3.63) is 99.6 Å². The fourth-order valence-corrected chi connectivity index (χ4v) is 9.81. The molecule has 0 unspecified atom stereocenters. The number of nitro benzene ring substituents is 1. The van der Waals surface area contributed by atoms with Gasteiger partial charge in [0.15, 0.2) is 5.60 Å². The van der Waals surface area contributed by atoms with Crippen LogP contribution in [0.25, 0.3) is 0 Å². The summed E-state index contributed by atoms with van der Waals surface area (Å²) in [4.78, 5) is 40.3. The van der Waals surface area contributed by atoms with Gasteiger partial charge in [0, 0.05) is 48.6 Å². The minimum absolute atomic E-state index is 0.0817. The Kier molecular flexibility index (Phi) is 7.92. The summed E-state index contributed by atoms with van der Waals surface area (Å²) in [5, 5.41) is 27.6. The lowest BCUT2D eigenvalue weighted by molar-refractivity contribution is -0.385. The van der Waals surface area contributed by atoms with Crippen LogP contribution in [-0.4, -0.2) is 48.7 Å². The molecule has 10 nitrogen and oxygen atoms in total. The molecule has 3 aromatic rings. The maximum Gasteiger partial charge on any atom is 0.269 e. The molecule has 1 spiro atoms. The van der Waals surface area contributed by atoms with Gasteiger partial charge in [0.2, 0.25) is 14.3 Å². The molecule has 6 rings (SSSR count). The molecule has 0 bridgehead atoms. The molecule has 3 heterocycles. The average Bonchev–Trinajstić information content (AvgIpc) is 3.44. The number of hydrogen-bond donors (Lipinski definition) is 1. The first-order chi connectivity index (χ1) is 21.5. The van der Waals surface area contributed by atoms with E-state index in [-0.39, 0.29) is 31.2 Å². The highest BCUT2D eigenvalue weighted by Crippen LogP contribution is 2.60. The predicted octanol–water partition coefficient (Wildman–Crippen LogP) is 5.83. The molecular weight excluding hydrogens is 595 g/mol. The number of carbonyl (C=O) groups is 2. The van der Waals surface area contributed by atoms with Crippen molar-refractivity contribution in [2.45, 2.75) is 63.1 Å². The standard InChI is InChI=1S/C33H35FN4O6Si/c1-21-31(45(2,3)34)29(16-17-39)44-33(21)26-19-25(38(42)43)12-14-28(26)36(32(33)41)20-22-8-7-11-24(18-22)37-30(40)15-13-27(35-37)23-9-5-4-6-10-23/h4-12,14,18-19,21,29,31,39H,13,15-17,20H2,1-3H3/t21-,29+,31-,33+/m0/s1. The molecule has 3 aromatic carbocycles. The fourth-order valence-electron chi connectivity index (χ4n) is 7.26. The van der Waals surface area contributed by atoms with Crippen LogP contribution in [0.2, 0.25) is 18.6 Å². The number of fused-ring (bicyclic) bond motifs is 2. The van der Waals surface area contributed by atoms with Gasteiger partial charge in [0.25, 0.3) is 11.6 Å². The van der Waals surface area contributed by atoms with Gasteiger partial charge in [-0.25, -0.2) is 5.01 Å². The smallest absolute Gasteiger partial charge is 0.269 e. The van der Waals surface area contributed by atoms with Crippen molar-refractivity contribution in [1.82, 2.24) is 0 Å². The summed E-state index contributed by atoms with van der Waals surface area (Å²) in [6.07, 6.45) is 0.252. The Morgan fingerprint density at radius 2 is 1.84 bits per heavy atom. The second-order valence-electron chi connectivity index (χ2n) is 12.4. The van der Waals surface area contributed by atoms with E-state index in [2.05, 4.69) is 5.10 Å². The van der Waals surface area contributed by atoms with E-state index in [1.165, 1.54) is 28.1 Å². The van der Waals surface area contributed by atoms with Gasteiger partial charge in [0.1, 0.15) is 0 Å². The highest BCUT2D eigenvalue weighted by molar-refractivity contribution is 6.72. The van der Waals surface area contributed by atoms with Crippen LogP contribution in [-0.2, 0) is 26.5 Å². The summed E-state index contributed by atoms with van der Waals surface area (Å²) in [6.45, 7) is 4.73. The van der Waals surface area contributed by atoms with E-state index in [1.54, 1.807) is 38.2 Å². The monoisotopic (exact) mass is 630 g/mol. The van der Waals surface area contributed by atoms with Crippen LogP contribution in [0, 0.1) is 16.0 Å². The molecule has 1 N–H and O–H groups in total. The molecule has 45 heavy (non-hydrogen) atoms. The Labute approximate surface area is 261 Å². The predicted molar refractivity (Wildman–Crippen MR) is 170 cm³/mol. The molecule has 4 atom stereocenters. The summed E-state index contributed by atoms with van der Waals surface area (Å²) in [6, 6.07) is 21.1. The van der Waals surface area contributed by atoms with Crippen molar-refractivity contribution in [2.75, 3.05) is 16.5 Å². The minimum Gasteiger partial charge on any atom is -0.396 e. The first kappa shape index (κ1) is 30.7. The number of aliphatic hydroxyl groups is 1. The molecule has 3 aliphatic heterocycles. The number of anilines is 2.